The van der Waals surface area contributed by atoms with E-state index < -0.39 is 0 Å². The zero-order chi connectivity index (χ0) is 18.5. The zero-order valence-electron chi connectivity index (χ0n) is 15.6. The zero-order valence-corrected chi connectivity index (χ0v) is 15.6. The predicted octanol–water partition coefficient (Wildman–Crippen LogP) is 2.50. The summed E-state index contributed by atoms with van der Waals surface area (Å²) in [5, 5.41) is 3.68. The fraction of sp³-hybridized carbons (Fsp3) is 0.600. The Morgan fingerprint density at radius 3 is 2.73 bits per heavy atom. The summed E-state index contributed by atoms with van der Waals surface area (Å²) < 4.78 is 10.6. The maximum atomic E-state index is 11.9. The number of likely N-dealkylation sites (tertiary alicyclic amines) is 1. The van der Waals surface area contributed by atoms with E-state index in [-0.39, 0.29) is 18.1 Å². The molecule has 6 heteroatoms. The van der Waals surface area contributed by atoms with Crippen LogP contribution in [0.25, 0.3) is 0 Å². The average molecular weight is 360 g/mol. The van der Waals surface area contributed by atoms with E-state index in [1.807, 2.05) is 19.1 Å². The van der Waals surface area contributed by atoms with Gasteiger partial charge in [0.2, 0.25) is 0 Å². The predicted molar refractivity (Wildman–Crippen MR) is 98.7 cm³/mol. The van der Waals surface area contributed by atoms with E-state index in [4.69, 9.17) is 9.47 Å². The highest BCUT2D eigenvalue weighted by molar-refractivity contribution is 5.68. The van der Waals surface area contributed by atoms with Gasteiger partial charge in [0.1, 0.15) is 12.0 Å². The lowest BCUT2D eigenvalue weighted by atomic mass is 9.79. The van der Waals surface area contributed by atoms with Gasteiger partial charge in [-0.3, -0.25) is 0 Å². The molecule has 2 aliphatic rings. The molecule has 0 bridgehead atoms. The molecule has 0 radical (unpaired) electrons. The molecular formula is C20H28N2O4. The summed E-state index contributed by atoms with van der Waals surface area (Å²) in [6.45, 7) is 3.60. The van der Waals surface area contributed by atoms with Gasteiger partial charge in [0.25, 0.3) is 0 Å². The van der Waals surface area contributed by atoms with Crippen LogP contribution in [0.15, 0.2) is 18.2 Å². The number of amides is 1. The largest absolute Gasteiger partial charge is 0.496 e. The van der Waals surface area contributed by atoms with Crippen molar-refractivity contribution in [3.63, 3.8) is 0 Å². The summed E-state index contributed by atoms with van der Waals surface area (Å²) in [5.74, 6) is 0.598. The Morgan fingerprint density at radius 1 is 1.31 bits per heavy atom. The highest BCUT2D eigenvalue weighted by Gasteiger charge is 2.34. The van der Waals surface area contributed by atoms with Crippen LogP contribution in [0.2, 0.25) is 0 Å². The summed E-state index contributed by atoms with van der Waals surface area (Å²) in [5.41, 5.74) is 2.23. The molecule has 2 atom stereocenters. The van der Waals surface area contributed by atoms with E-state index in [0.29, 0.717) is 25.7 Å². The van der Waals surface area contributed by atoms with Crippen molar-refractivity contribution in [2.45, 2.75) is 50.6 Å². The third kappa shape index (κ3) is 3.85. The van der Waals surface area contributed by atoms with Crippen LogP contribution in [-0.4, -0.2) is 56.2 Å². The Labute approximate surface area is 154 Å². The summed E-state index contributed by atoms with van der Waals surface area (Å²) in [6.07, 6.45) is 4.44. The topological polar surface area (TPSA) is 67.9 Å². The van der Waals surface area contributed by atoms with Crippen molar-refractivity contribution in [3.05, 3.63) is 29.3 Å². The second-order valence-electron chi connectivity index (χ2n) is 6.97. The average Bonchev–Trinajstić information content (AvgIpc) is 2.68. The van der Waals surface area contributed by atoms with E-state index in [2.05, 4.69) is 11.4 Å². The van der Waals surface area contributed by atoms with Crippen molar-refractivity contribution in [1.82, 2.24) is 10.2 Å². The van der Waals surface area contributed by atoms with Crippen molar-refractivity contribution >= 4 is 12.4 Å². The molecule has 142 valence electrons. The normalized spacial score (nSPS) is 23.2. The van der Waals surface area contributed by atoms with Crippen molar-refractivity contribution < 1.29 is 19.1 Å². The highest BCUT2D eigenvalue weighted by atomic mass is 16.6. The lowest BCUT2D eigenvalue weighted by Crippen LogP contribution is -2.50. The molecule has 1 heterocycles. The molecule has 1 amide bonds. The van der Waals surface area contributed by atoms with Crippen LogP contribution < -0.4 is 10.1 Å². The van der Waals surface area contributed by atoms with Crippen LogP contribution in [0.4, 0.5) is 4.79 Å². The number of rotatable bonds is 5. The Balaban J connectivity index is 1.64. The van der Waals surface area contributed by atoms with Gasteiger partial charge in [-0.1, -0.05) is 12.1 Å². The summed E-state index contributed by atoms with van der Waals surface area (Å²) in [7, 11) is 1.65. The summed E-state index contributed by atoms with van der Waals surface area (Å²) in [6, 6.07) is 6.41. The molecule has 1 saturated heterocycles. The third-order valence-electron chi connectivity index (χ3n) is 5.49. The molecule has 2 unspecified atom stereocenters. The van der Waals surface area contributed by atoms with Crippen LogP contribution in [0.5, 0.6) is 5.75 Å². The van der Waals surface area contributed by atoms with Gasteiger partial charge in [0, 0.05) is 30.7 Å². The molecule has 1 fully saturated rings. The van der Waals surface area contributed by atoms with Crippen molar-refractivity contribution in [2.75, 3.05) is 26.8 Å². The van der Waals surface area contributed by atoms with Gasteiger partial charge < -0.3 is 24.5 Å². The van der Waals surface area contributed by atoms with E-state index in [9.17, 15) is 9.59 Å². The SMILES string of the molecule is CCOC(=O)N1CCC(NC2CCc3cccc(OC)c3C2C=O)CC1. The smallest absolute Gasteiger partial charge is 0.409 e. The van der Waals surface area contributed by atoms with Crippen LogP contribution in [0.3, 0.4) is 0 Å². The maximum absolute atomic E-state index is 11.9. The number of hydrogen-bond donors (Lipinski definition) is 1. The fourth-order valence-corrected chi connectivity index (χ4v) is 4.15. The van der Waals surface area contributed by atoms with Gasteiger partial charge in [-0.25, -0.2) is 4.79 Å². The molecule has 1 aliphatic heterocycles. The Morgan fingerprint density at radius 2 is 2.08 bits per heavy atom. The number of hydrogen-bond acceptors (Lipinski definition) is 5. The number of ether oxygens (including phenoxy) is 2. The van der Waals surface area contributed by atoms with Crippen molar-refractivity contribution in [3.8, 4) is 5.75 Å². The number of nitrogens with one attached hydrogen (secondary N) is 1. The molecule has 0 saturated carbocycles. The fourth-order valence-electron chi connectivity index (χ4n) is 4.15. The first kappa shape index (κ1) is 18.7. The lowest BCUT2D eigenvalue weighted by molar-refractivity contribution is -0.109. The van der Waals surface area contributed by atoms with Gasteiger partial charge in [-0.05, 0) is 44.2 Å². The number of piperidine rings is 1. The van der Waals surface area contributed by atoms with E-state index in [1.165, 1.54) is 5.56 Å². The summed E-state index contributed by atoms with van der Waals surface area (Å²) in [4.78, 5) is 25.5. The molecule has 1 N–H and O–H groups in total. The van der Waals surface area contributed by atoms with Crippen LogP contribution in [-0.2, 0) is 16.0 Å². The molecule has 0 spiro atoms. The maximum Gasteiger partial charge on any atom is 0.409 e. The highest BCUT2D eigenvalue weighted by Crippen LogP contribution is 2.37. The van der Waals surface area contributed by atoms with E-state index >= 15 is 0 Å². The second kappa shape index (κ2) is 8.54. The number of aryl methyl sites for hydroxylation is 1. The van der Waals surface area contributed by atoms with E-state index in [0.717, 1.165) is 43.3 Å². The molecule has 1 aliphatic carbocycles. The monoisotopic (exact) mass is 360 g/mol. The third-order valence-corrected chi connectivity index (χ3v) is 5.49. The van der Waals surface area contributed by atoms with Crippen LogP contribution in [0, 0.1) is 0 Å². The first-order valence-electron chi connectivity index (χ1n) is 9.46. The number of carbonyl (C=O) groups excluding carboxylic acids is 2. The molecule has 6 nitrogen and oxygen atoms in total. The molecule has 1 aromatic rings. The number of nitrogens with zero attached hydrogens (tertiary/aromatic N) is 1. The van der Waals surface area contributed by atoms with Gasteiger partial charge in [0.05, 0.1) is 19.6 Å². The first-order valence-corrected chi connectivity index (χ1v) is 9.46. The number of aldehydes is 1. The lowest BCUT2D eigenvalue weighted by Gasteiger charge is -2.38. The molecular weight excluding hydrogens is 332 g/mol. The second-order valence-corrected chi connectivity index (χ2v) is 6.97. The first-order chi connectivity index (χ1) is 12.7. The minimum atomic E-state index is -0.229. The molecule has 1 aromatic carbocycles. The summed E-state index contributed by atoms with van der Waals surface area (Å²) >= 11 is 0. The molecule has 26 heavy (non-hydrogen) atoms. The van der Waals surface area contributed by atoms with Gasteiger partial charge in [-0.15, -0.1) is 0 Å². The standard InChI is InChI=1S/C20H28N2O4/c1-3-26-20(24)22-11-9-15(10-12-22)21-17-8-7-14-5-4-6-18(25-2)19(14)16(17)13-23/h4-6,13,15-17,21H,3,7-12H2,1-2H3. The van der Waals surface area contributed by atoms with Gasteiger partial charge in [0.15, 0.2) is 0 Å². The minimum absolute atomic E-state index is 0.107. The Hall–Kier alpha value is -2.08. The Kier molecular flexibility index (Phi) is 6.14. The number of methoxy groups -OCH3 is 1. The minimum Gasteiger partial charge on any atom is -0.496 e. The molecule has 3 rings (SSSR count). The van der Waals surface area contributed by atoms with Crippen LogP contribution >= 0.6 is 0 Å². The van der Waals surface area contributed by atoms with Crippen molar-refractivity contribution in [2.24, 2.45) is 0 Å². The van der Waals surface area contributed by atoms with Gasteiger partial charge >= 0.3 is 6.09 Å². The molecule has 0 aromatic heterocycles. The quantitative estimate of drug-likeness (QED) is 0.817. The van der Waals surface area contributed by atoms with Crippen molar-refractivity contribution in [1.29, 1.82) is 0 Å². The number of carbonyl (C=O) groups is 2. The van der Waals surface area contributed by atoms with E-state index in [1.54, 1.807) is 12.0 Å². The number of benzene rings is 1. The number of fused-ring (bicyclic) bond motifs is 1. The Bertz CT molecular complexity index is 626. The van der Waals surface area contributed by atoms with Gasteiger partial charge in [-0.2, -0.15) is 0 Å². The van der Waals surface area contributed by atoms with Crippen LogP contribution in [0.1, 0.15) is 43.2 Å².